The number of ether oxygens (including phenoxy) is 1. The smallest absolute Gasteiger partial charge is 0.285 e. The molecule has 33 heavy (non-hydrogen) atoms. The molecule has 9 heteroatoms. The number of amides is 2. The van der Waals surface area contributed by atoms with Crippen LogP contribution in [0, 0.1) is 0 Å². The number of benzene rings is 2. The molecule has 0 fully saturated rings. The van der Waals surface area contributed by atoms with E-state index in [2.05, 4.69) is 10.6 Å². The van der Waals surface area contributed by atoms with Crippen molar-refractivity contribution in [2.24, 2.45) is 0 Å². The molecular formula is C24H29N3O5S. The Balaban J connectivity index is 1.67. The van der Waals surface area contributed by atoms with E-state index in [1.807, 2.05) is 6.92 Å². The van der Waals surface area contributed by atoms with E-state index in [-0.39, 0.29) is 23.1 Å². The minimum absolute atomic E-state index is 0.0214. The Morgan fingerprint density at radius 3 is 2.52 bits per heavy atom. The lowest BCUT2D eigenvalue weighted by atomic mass is 10.2. The molecule has 0 bridgehead atoms. The van der Waals surface area contributed by atoms with Crippen molar-refractivity contribution >= 4 is 32.4 Å². The minimum Gasteiger partial charge on any atom is -0.493 e. The summed E-state index contributed by atoms with van der Waals surface area (Å²) in [6.07, 6.45) is 1.92. The Morgan fingerprint density at radius 1 is 1.06 bits per heavy atom. The quantitative estimate of drug-likeness (QED) is 0.487. The van der Waals surface area contributed by atoms with Gasteiger partial charge in [-0.1, -0.05) is 49.7 Å². The lowest BCUT2D eigenvalue weighted by molar-refractivity contribution is -0.122. The highest BCUT2D eigenvalue weighted by molar-refractivity contribution is 7.99. The van der Waals surface area contributed by atoms with Crippen molar-refractivity contribution < 1.29 is 22.7 Å². The van der Waals surface area contributed by atoms with E-state index in [0.29, 0.717) is 43.0 Å². The van der Waals surface area contributed by atoms with E-state index >= 15 is 0 Å². The second kappa shape index (κ2) is 11.0. The summed E-state index contributed by atoms with van der Waals surface area (Å²) in [4.78, 5) is 24.2. The van der Waals surface area contributed by atoms with E-state index in [0.717, 1.165) is 10.7 Å². The molecule has 1 aliphatic rings. The van der Waals surface area contributed by atoms with Gasteiger partial charge in [-0.2, -0.15) is 0 Å². The summed E-state index contributed by atoms with van der Waals surface area (Å²) in [5, 5.41) is 5.74. The van der Waals surface area contributed by atoms with Crippen LogP contribution in [0.5, 0.6) is 5.75 Å². The van der Waals surface area contributed by atoms with Crippen LogP contribution >= 0.6 is 0 Å². The largest absolute Gasteiger partial charge is 0.493 e. The maximum Gasteiger partial charge on any atom is 0.285 e. The predicted molar refractivity (Wildman–Crippen MR) is 128 cm³/mol. The fourth-order valence-corrected chi connectivity index (χ4v) is 5.23. The van der Waals surface area contributed by atoms with E-state index in [1.165, 1.54) is 6.92 Å². The van der Waals surface area contributed by atoms with E-state index < -0.39 is 15.9 Å². The van der Waals surface area contributed by atoms with Crippen LogP contribution in [0.2, 0.25) is 0 Å². The van der Waals surface area contributed by atoms with Crippen molar-refractivity contribution in [3.8, 4) is 5.75 Å². The van der Waals surface area contributed by atoms with Gasteiger partial charge < -0.3 is 15.4 Å². The second-order valence-corrected chi connectivity index (χ2v) is 9.44. The molecule has 0 saturated carbocycles. The van der Waals surface area contributed by atoms with Gasteiger partial charge in [0.2, 0.25) is 5.91 Å². The van der Waals surface area contributed by atoms with Gasteiger partial charge in [0.15, 0.2) is 0 Å². The first-order chi connectivity index (χ1) is 15.8. The molecule has 176 valence electrons. The zero-order chi connectivity index (χ0) is 23.8. The zero-order valence-electron chi connectivity index (χ0n) is 18.8. The number of carbonyl (C=O) groups is 2. The Bertz CT molecular complexity index is 1130. The summed E-state index contributed by atoms with van der Waals surface area (Å²) in [5.41, 5.74) is 1.23. The maximum absolute atomic E-state index is 13.2. The number of nitrogens with one attached hydrogen (secondary N) is 2. The normalized spacial score (nSPS) is 15.0. The van der Waals surface area contributed by atoms with Crippen LogP contribution in [0.1, 0.15) is 38.7 Å². The van der Waals surface area contributed by atoms with Crippen molar-refractivity contribution in [1.29, 1.82) is 0 Å². The summed E-state index contributed by atoms with van der Waals surface area (Å²) < 4.78 is 33.0. The molecular weight excluding hydrogens is 442 g/mol. The van der Waals surface area contributed by atoms with Crippen molar-refractivity contribution in [2.45, 2.75) is 33.1 Å². The molecule has 0 atom stereocenters. The molecule has 0 unspecified atom stereocenters. The summed E-state index contributed by atoms with van der Waals surface area (Å²) >= 11 is 0. The summed E-state index contributed by atoms with van der Waals surface area (Å²) in [6, 6.07) is 15.7. The van der Waals surface area contributed by atoms with Crippen molar-refractivity contribution in [2.75, 3.05) is 25.0 Å². The number of anilines is 1. The van der Waals surface area contributed by atoms with Crippen LogP contribution in [0.4, 0.5) is 5.69 Å². The van der Waals surface area contributed by atoms with E-state index in [1.54, 1.807) is 54.6 Å². The first kappa shape index (κ1) is 24.3. The number of hydrogen-bond acceptors (Lipinski definition) is 6. The first-order valence-electron chi connectivity index (χ1n) is 11.0. The maximum atomic E-state index is 13.2. The van der Waals surface area contributed by atoms with Crippen molar-refractivity contribution in [3.05, 3.63) is 65.9 Å². The molecule has 1 aliphatic heterocycles. The summed E-state index contributed by atoms with van der Waals surface area (Å²) in [7, 11) is -3.92. The Kier molecular flexibility index (Phi) is 8.11. The van der Waals surface area contributed by atoms with Gasteiger partial charge in [-0.15, -0.1) is 0 Å². The highest BCUT2D eigenvalue weighted by atomic mass is 32.2. The first-order valence-corrected chi connectivity index (χ1v) is 12.4. The van der Waals surface area contributed by atoms with Gasteiger partial charge in [-0.25, -0.2) is 12.7 Å². The van der Waals surface area contributed by atoms with E-state index in [4.69, 9.17) is 4.74 Å². The third kappa shape index (κ3) is 5.92. The molecule has 0 aliphatic carbocycles. The second-order valence-electron chi connectivity index (χ2n) is 7.64. The molecule has 0 radical (unpaired) electrons. The van der Waals surface area contributed by atoms with Crippen LogP contribution in [0.15, 0.2) is 60.3 Å². The van der Waals surface area contributed by atoms with Gasteiger partial charge in [0.25, 0.3) is 15.9 Å². The third-order valence-corrected chi connectivity index (χ3v) is 6.90. The Morgan fingerprint density at radius 2 is 1.82 bits per heavy atom. The van der Waals surface area contributed by atoms with Gasteiger partial charge in [0.05, 0.1) is 6.61 Å². The van der Waals surface area contributed by atoms with Gasteiger partial charge >= 0.3 is 0 Å². The van der Waals surface area contributed by atoms with Crippen LogP contribution in [0.3, 0.4) is 0 Å². The number of nitrogens with zero attached hydrogens (tertiary/aromatic N) is 1. The van der Waals surface area contributed by atoms with Crippen LogP contribution in [-0.4, -0.2) is 44.2 Å². The van der Waals surface area contributed by atoms with Crippen LogP contribution in [-0.2, 0) is 19.6 Å². The molecule has 2 aromatic carbocycles. The minimum atomic E-state index is -3.92. The SMILES string of the molecule is CCCCN1C(=O)C(NCCCOc2cccc(NC(C)=O)c2)=C(c2ccccc2)S1(=O)=O. The van der Waals surface area contributed by atoms with Gasteiger partial charge in [-0.05, 0) is 30.5 Å². The Hall–Kier alpha value is -3.33. The lowest BCUT2D eigenvalue weighted by Crippen LogP contribution is -2.34. The predicted octanol–water partition coefficient (Wildman–Crippen LogP) is 3.34. The molecule has 0 saturated heterocycles. The third-order valence-electron chi connectivity index (χ3n) is 5.01. The van der Waals surface area contributed by atoms with Crippen LogP contribution in [0.25, 0.3) is 4.91 Å². The molecule has 0 spiro atoms. The van der Waals surface area contributed by atoms with Gasteiger partial charge in [-0.3, -0.25) is 9.59 Å². The number of carbonyl (C=O) groups excluding carboxylic acids is 2. The zero-order valence-corrected chi connectivity index (χ0v) is 19.7. The van der Waals surface area contributed by atoms with E-state index in [9.17, 15) is 18.0 Å². The lowest BCUT2D eigenvalue weighted by Gasteiger charge is -2.16. The monoisotopic (exact) mass is 471 g/mol. The molecule has 2 aromatic rings. The number of hydrogen-bond donors (Lipinski definition) is 2. The average molecular weight is 472 g/mol. The molecule has 3 rings (SSSR count). The van der Waals surface area contributed by atoms with Crippen molar-refractivity contribution in [3.63, 3.8) is 0 Å². The fourth-order valence-electron chi connectivity index (χ4n) is 3.47. The molecule has 8 nitrogen and oxygen atoms in total. The van der Waals surface area contributed by atoms with Crippen LogP contribution < -0.4 is 15.4 Å². The topological polar surface area (TPSA) is 105 Å². The van der Waals surface area contributed by atoms with Gasteiger partial charge in [0, 0.05) is 31.8 Å². The van der Waals surface area contributed by atoms with Gasteiger partial charge in [0.1, 0.15) is 16.4 Å². The average Bonchev–Trinajstić information content (AvgIpc) is 2.97. The van der Waals surface area contributed by atoms with Crippen molar-refractivity contribution in [1.82, 2.24) is 9.62 Å². The summed E-state index contributed by atoms with van der Waals surface area (Å²) in [5.74, 6) is -0.0788. The molecule has 0 aromatic heterocycles. The molecule has 2 amide bonds. The Labute approximate surface area is 194 Å². The number of sulfonamides is 1. The summed E-state index contributed by atoms with van der Waals surface area (Å²) in [6.45, 7) is 4.26. The molecule has 1 heterocycles. The standard InChI is InChI=1S/C24H29N3O5S/c1-3-4-15-27-24(29)22(23(33(27,30)31)19-10-6-5-7-11-19)25-14-9-16-32-21-13-8-12-20(17-21)26-18(2)28/h5-8,10-13,17,25H,3-4,9,14-16H2,1-2H3,(H,26,28). The number of unbranched alkanes of at least 4 members (excludes halogenated alkanes) is 1. The fraction of sp³-hybridized carbons (Fsp3) is 0.333. The number of rotatable bonds is 11. The highest BCUT2D eigenvalue weighted by Gasteiger charge is 2.43. The highest BCUT2D eigenvalue weighted by Crippen LogP contribution is 2.34. The molecule has 2 N–H and O–H groups in total.